The summed E-state index contributed by atoms with van der Waals surface area (Å²) in [5.41, 5.74) is 23.4. The van der Waals surface area contributed by atoms with E-state index in [1.807, 2.05) is 224 Å². The smallest absolute Gasteiger partial charge is 0.303 e. The number of carboxylic acids is 3. The van der Waals surface area contributed by atoms with Gasteiger partial charge in [0, 0.05) is 120 Å². The van der Waals surface area contributed by atoms with Gasteiger partial charge in [0.15, 0.2) is 5.78 Å². The molecule has 12 aromatic rings. The standard InChI is InChI=1S/C31H34N2O5.C30H32N2O5.C29H31NO4.C28H30N2O4/c32-30(36)29(27-12-6-7-13-28(27)38-20-8-2-5-11-26(35)21-34)33(25-18-19-25)31(37)24-16-14-23(15-17-24)22-9-3-1-4-10-22;31-29(35)28(25-11-6-7-12-26(25)37-20-8-2-5-13-27(33)34)32(24-18-19-24)30(36)23-16-14-22(15-17-23)21-9-3-1-4-10-21;31-28(32)13-5-2-8-20-34-27-12-7-6-11-25(27)21-30(26-18-19-26)29(33)24-16-14-23(15-17-24)22-9-3-1-4-10-22;31-27(32)10-2-1-5-18-34-26-9-4-3-7-24(26)20-30(25-15-16-25)28(33)22-13-11-21(12-14-22)23-8-6-17-29-19-23/h1,3-4,6-7,9-10,12-17,25,29,34H,2,5,8,11,18-21H2,(H2,32,36);1,3-4,6-7,9-12,14-17,24,28H,2,5,8,13,18-20H2,(H2,31,35)(H,33,34);1,3-4,6-7,9-12,14-17,26H,2,5,8,13,18-21H2,(H,31,32);3-4,6-9,11-14,17,19,25H,1-2,5,10,15-16,18,20H2,(H,31,32)/i29D;28D;21D;20D. The summed E-state index contributed by atoms with van der Waals surface area (Å²) in [4.78, 5) is 134. The molecule has 0 spiro atoms. The lowest BCUT2D eigenvalue weighted by atomic mass is 10.00. The van der Waals surface area contributed by atoms with Crippen molar-refractivity contribution in [3.63, 3.8) is 0 Å². The van der Waals surface area contributed by atoms with Crippen LogP contribution in [0.4, 0.5) is 0 Å². The minimum atomic E-state index is -2.17. The van der Waals surface area contributed by atoms with Crippen LogP contribution in [0.25, 0.3) is 44.5 Å². The van der Waals surface area contributed by atoms with Gasteiger partial charge in [-0.2, -0.15) is 0 Å². The van der Waals surface area contributed by atoms with E-state index in [0.717, 1.165) is 102 Å². The lowest BCUT2D eigenvalue weighted by molar-refractivity contribution is -0.138. The number of unbranched alkanes of at least 4 members (excludes halogenated alkanes) is 8. The molecule has 8 N–H and O–H groups in total. The molecule has 4 saturated carbocycles. The third kappa shape index (κ3) is 32.3. The predicted molar refractivity (Wildman–Crippen MR) is 550 cm³/mol. The fourth-order valence-corrected chi connectivity index (χ4v) is 16.3. The summed E-state index contributed by atoms with van der Waals surface area (Å²) in [6.07, 6.45) is 18.6. The second-order valence-electron chi connectivity index (χ2n) is 35.6. The van der Waals surface area contributed by atoms with Gasteiger partial charge in [0.1, 0.15) is 41.6 Å². The molecular formula is C118H127N7O18. The molecule has 4 atom stereocenters. The summed E-state index contributed by atoms with van der Waals surface area (Å²) in [6, 6.07) is 86.1. The highest BCUT2D eigenvalue weighted by Gasteiger charge is 2.44. The highest BCUT2D eigenvalue weighted by molar-refractivity contribution is 6.01. The number of Topliss-reactive ketones (excluding diaryl/α,β-unsaturated/α-hetero) is 1. The van der Waals surface area contributed by atoms with Gasteiger partial charge in [-0.05, 0) is 252 Å². The number of carbonyl (C=O) groups excluding carboxylic acids is 7. The molecule has 0 bridgehead atoms. The van der Waals surface area contributed by atoms with Crippen molar-refractivity contribution < 1.29 is 92.8 Å². The number of amides is 6. The third-order valence-electron chi connectivity index (χ3n) is 24.5. The third-order valence-corrected chi connectivity index (χ3v) is 24.5. The highest BCUT2D eigenvalue weighted by atomic mass is 16.5. The van der Waals surface area contributed by atoms with Gasteiger partial charge in [-0.3, -0.25) is 52.9 Å². The largest absolute Gasteiger partial charge is 0.493 e. The number of carboxylic acid groups (broad SMARTS) is 3. The number of aliphatic hydroxyl groups excluding tert-OH is 1. The lowest BCUT2D eigenvalue weighted by Crippen LogP contribution is -2.43. The molecule has 4 unspecified atom stereocenters. The molecule has 0 saturated heterocycles. The van der Waals surface area contributed by atoms with Crippen LogP contribution in [0.1, 0.15) is 235 Å². The van der Waals surface area contributed by atoms with Gasteiger partial charge in [-0.25, -0.2) is 0 Å². The molecule has 1 aromatic heterocycles. The Morgan fingerprint density at radius 1 is 0.315 bits per heavy atom. The van der Waals surface area contributed by atoms with E-state index in [1.54, 1.807) is 95.0 Å². The molecule has 25 nitrogen and oxygen atoms in total. The summed E-state index contributed by atoms with van der Waals surface area (Å²) in [5.74, 6) is -3.88. The summed E-state index contributed by atoms with van der Waals surface area (Å²) in [5, 5.41) is 35.1. The Bertz CT molecular complexity index is 6190. The maximum absolute atomic E-state index is 13.8. The van der Waals surface area contributed by atoms with Crippen LogP contribution in [0.3, 0.4) is 0 Å². The maximum Gasteiger partial charge on any atom is 0.303 e. The molecule has 16 rings (SSSR count). The second-order valence-corrected chi connectivity index (χ2v) is 35.6. The van der Waals surface area contributed by atoms with Gasteiger partial charge in [0.2, 0.25) is 11.8 Å². The van der Waals surface area contributed by atoms with E-state index in [4.69, 9.17) is 53.6 Å². The summed E-state index contributed by atoms with van der Waals surface area (Å²) in [6.45, 7) is -0.724. The molecule has 1 heterocycles. The zero-order chi connectivity index (χ0) is 104. The van der Waals surface area contributed by atoms with Crippen LogP contribution < -0.4 is 30.4 Å². The number of pyridine rings is 1. The van der Waals surface area contributed by atoms with Crippen molar-refractivity contribution in [3.8, 4) is 67.5 Å². The average Bonchev–Trinajstić information content (AvgIpc) is 1.58. The van der Waals surface area contributed by atoms with Gasteiger partial charge in [-0.1, -0.05) is 218 Å². The fourth-order valence-electron chi connectivity index (χ4n) is 16.3. The first-order chi connectivity index (χ1) is 71.3. The highest BCUT2D eigenvalue weighted by Crippen LogP contribution is 2.43. The number of ether oxygens (including phenoxy) is 4. The Morgan fingerprint density at radius 3 is 0.888 bits per heavy atom. The first-order valence-electron chi connectivity index (χ1n) is 51.3. The second kappa shape index (κ2) is 54.4. The van der Waals surface area contributed by atoms with Crippen LogP contribution >= 0.6 is 0 Å². The molecule has 0 aliphatic heterocycles. The van der Waals surface area contributed by atoms with Crippen molar-refractivity contribution in [1.82, 2.24) is 24.6 Å². The number of hydrogen-bond donors (Lipinski definition) is 6. The minimum Gasteiger partial charge on any atom is -0.493 e. The van der Waals surface area contributed by atoms with Crippen molar-refractivity contribution in [2.24, 2.45) is 11.5 Å². The first kappa shape index (κ1) is 99.2. The Balaban J connectivity index is 0.000000164. The average molecular weight is 1940 g/mol. The van der Waals surface area contributed by atoms with E-state index in [1.165, 1.54) is 9.80 Å². The SMILES string of the molecule is [2H]C(C(N)=O)(c1ccccc1OCCCCCC(=O)CO)N(C(=O)c1ccc(-c2ccccc2)cc1)C1CC1.[2H]C(C(N)=O)(c1ccccc1OCCCCCC(=O)O)N(C(=O)c1ccc(-c2ccccc2)cc1)C1CC1.[2H]C(c1ccccc1OCCCCCC(=O)O)N(C(=O)c1ccc(-c2ccccc2)cc1)C1CC1.[2H]C(c1ccccc1OCCCCCC(=O)O)N(C(=O)c1ccc(-c2cccnc2)cc1)C1CC1. The number of para-hydroxylation sites is 4. The molecule has 0 radical (unpaired) electrons. The number of benzene rings is 11. The van der Waals surface area contributed by atoms with Crippen molar-refractivity contribution >= 4 is 59.1 Å². The zero-order valence-corrected chi connectivity index (χ0v) is 80.3. The number of aliphatic hydroxyl groups is 1. The quantitative estimate of drug-likeness (QED) is 0.0193. The summed E-state index contributed by atoms with van der Waals surface area (Å²) in [7, 11) is 0. The molecule has 4 aliphatic carbocycles. The Labute approximate surface area is 841 Å². The topological polar surface area (TPSA) is 366 Å². The normalized spacial score (nSPS) is 14.5. The number of primary amides is 2. The molecule has 143 heavy (non-hydrogen) atoms. The number of rotatable bonds is 51. The van der Waals surface area contributed by atoms with Crippen LogP contribution in [0, 0.1) is 0 Å². The molecule has 4 aliphatic rings. The molecule has 25 heteroatoms. The van der Waals surface area contributed by atoms with Crippen LogP contribution in [-0.2, 0) is 41.8 Å². The van der Waals surface area contributed by atoms with Crippen LogP contribution in [0.15, 0.2) is 310 Å². The van der Waals surface area contributed by atoms with Crippen molar-refractivity contribution in [1.29, 1.82) is 0 Å². The van der Waals surface area contributed by atoms with Gasteiger partial charge < -0.3 is 70.4 Å². The van der Waals surface area contributed by atoms with E-state index in [9.17, 15) is 50.7 Å². The summed E-state index contributed by atoms with van der Waals surface area (Å²) < 4.78 is 60.5. The van der Waals surface area contributed by atoms with E-state index in [2.05, 4.69) is 4.98 Å². The molecule has 11 aromatic carbocycles. The monoisotopic (exact) mass is 1930 g/mol. The Kier molecular flexibility index (Phi) is 37.8. The van der Waals surface area contributed by atoms with E-state index >= 15 is 0 Å². The van der Waals surface area contributed by atoms with Crippen LogP contribution in [-0.4, -0.2) is 161 Å². The Morgan fingerprint density at radius 2 is 0.587 bits per heavy atom. The van der Waals surface area contributed by atoms with E-state index < -0.39 is 73.2 Å². The van der Waals surface area contributed by atoms with E-state index in [-0.39, 0.29) is 78.8 Å². The van der Waals surface area contributed by atoms with E-state index in [0.29, 0.717) is 153 Å². The molecular weight excluding hydrogens is 1800 g/mol. The van der Waals surface area contributed by atoms with Gasteiger partial charge in [0.25, 0.3) is 23.6 Å². The maximum atomic E-state index is 13.8. The zero-order valence-electron chi connectivity index (χ0n) is 84.3. The van der Waals surface area contributed by atoms with Crippen LogP contribution in [0.2, 0.25) is 0 Å². The predicted octanol–water partition coefficient (Wildman–Crippen LogP) is 21.7. The van der Waals surface area contributed by atoms with Gasteiger partial charge >= 0.3 is 17.9 Å². The number of hydrogen-bond acceptors (Lipinski definition) is 16. The molecule has 4 fully saturated rings. The van der Waals surface area contributed by atoms with Crippen molar-refractivity contribution in [3.05, 3.63) is 354 Å². The first-order valence-corrected chi connectivity index (χ1v) is 49.2. The van der Waals surface area contributed by atoms with Crippen molar-refractivity contribution in [2.45, 2.75) is 203 Å². The molecule has 6 amide bonds. The number of ketones is 1. The van der Waals surface area contributed by atoms with Crippen molar-refractivity contribution in [2.75, 3.05) is 33.0 Å². The Hall–Kier alpha value is -15.4. The van der Waals surface area contributed by atoms with Gasteiger partial charge in [-0.15, -0.1) is 0 Å². The lowest BCUT2D eigenvalue weighted by Gasteiger charge is -2.31. The number of aliphatic carboxylic acids is 3. The van der Waals surface area contributed by atoms with Gasteiger partial charge in [0.05, 0.1) is 31.9 Å². The number of carbonyl (C=O) groups is 10. The number of aromatic nitrogens is 1. The van der Waals surface area contributed by atoms with Crippen LogP contribution in [0.5, 0.6) is 23.0 Å². The molecule has 742 valence electrons. The minimum absolute atomic E-state index is 0.0482. The summed E-state index contributed by atoms with van der Waals surface area (Å²) >= 11 is 0. The number of nitrogens with two attached hydrogens (primary N) is 2. The fraction of sp³-hybridized carbons (Fsp3) is 0.314. The number of nitrogens with zero attached hydrogens (tertiary/aromatic N) is 5.